The van der Waals surface area contributed by atoms with Crippen molar-refractivity contribution in [3.05, 3.63) is 45.4 Å². The van der Waals surface area contributed by atoms with Crippen LogP contribution in [0.25, 0.3) is 0 Å². The largest absolute Gasteiger partial charge is 0.476 e. The second-order valence-corrected chi connectivity index (χ2v) is 5.99. The molecule has 0 aliphatic heterocycles. The number of carboxylic acids is 1. The molecule has 2 rings (SSSR count). The third kappa shape index (κ3) is 3.71. The van der Waals surface area contributed by atoms with Gasteiger partial charge in [0.15, 0.2) is 5.69 Å². The van der Waals surface area contributed by atoms with Gasteiger partial charge in [0.25, 0.3) is 0 Å². The molecule has 1 heterocycles. The number of anilines is 2. The Bertz CT molecular complexity index is 692. The van der Waals surface area contributed by atoms with E-state index in [9.17, 15) is 9.90 Å². The Labute approximate surface area is 135 Å². The lowest BCUT2D eigenvalue weighted by molar-refractivity contribution is 0.0691. The number of nitrogens with zero attached hydrogens (tertiary/aromatic N) is 2. The van der Waals surface area contributed by atoms with Gasteiger partial charge in [-0.2, -0.15) is 0 Å². The zero-order valence-corrected chi connectivity index (χ0v) is 13.7. The molecule has 2 N–H and O–H groups in total. The molecule has 0 aliphatic carbocycles. The topological polar surface area (TPSA) is 75.1 Å². The molecule has 0 fully saturated rings. The number of halogens is 2. The van der Waals surface area contributed by atoms with Gasteiger partial charge < -0.3 is 10.4 Å². The fraction of sp³-hybridized carbons (Fsp3) is 0.214. The molecule has 0 radical (unpaired) electrons. The second-order valence-electron chi connectivity index (χ2n) is 4.70. The third-order valence-corrected chi connectivity index (χ3v) is 3.62. The molecule has 21 heavy (non-hydrogen) atoms. The molecule has 7 heteroatoms. The molecule has 0 atom stereocenters. The summed E-state index contributed by atoms with van der Waals surface area (Å²) in [5, 5.41) is 12.9. The first-order valence-electron chi connectivity index (χ1n) is 6.20. The number of aromatic carboxylic acids is 1. The number of rotatable bonds is 4. The van der Waals surface area contributed by atoms with Crippen molar-refractivity contribution in [2.45, 2.75) is 19.8 Å². The molecule has 2 aromatic rings. The van der Waals surface area contributed by atoms with Gasteiger partial charge in [0.2, 0.25) is 0 Å². The number of nitrogens with one attached hydrogen (secondary N) is 1. The first kappa shape index (κ1) is 15.7. The third-order valence-electron chi connectivity index (χ3n) is 2.73. The highest BCUT2D eigenvalue weighted by Gasteiger charge is 2.16. The van der Waals surface area contributed by atoms with E-state index in [1.54, 1.807) is 18.2 Å². The highest BCUT2D eigenvalue weighted by atomic mass is 79.9. The van der Waals surface area contributed by atoms with Gasteiger partial charge in [0.1, 0.15) is 5.82 Å². The molecule has 0 bridgehead atoms. The van der Waals surface area contributed by atoms with Crippen molar-refractivity contribution in [3.8, 4) is 0 Å². The highest BCUT2D eigenvalue weighted by molar-refractivity contribution is 9.10. The van der Waals surface area contributed by atoms with Crippen molar-refractivity contribution >= 4 is 44.9 Å². The Hall–Kier alpha value is -1.66. The van der Waals surface area contributed by atoms with E-state index >= 15 is 0 Å². The van der Waals surface area contributed by atoms with Gasteiger partial charge in [-0.25, -0.2) is 14.8 Å². The van der Waals surface area contributed by atoms with Gasteiger partial charge in [-0.15, -0.1) is 0 Å². The smallest absolute Gasteiger partial charge is 0.356 e. The van der Waals surface area contributed by atoms with Crippen LogP contribution in [0, 0.1) is 0 Å². The maximum absolute atomic E-state index is 11.4. The van der Waals surface area contributed by atoms with Crippen LogP contribution >= 0.6 is 27.5 Å². The van der Waals surface area contributed by atoms with Crippen LogP contribution in [-0.2, 0) is 0 Å². The van der Waals surface area contributed by atoms with Gasteiger partial charge >= 0.3 is 5.97 Å². The number of carboxylic acid groups (broad SMARTS) is 1. The lowest BCUT2D eigenvalue weighted by atomic mass is 10.2. The lowest BCUT2D eigenvalue weighted by Gasteiger charge is -2.12. The summed E-state index contributed by atoms with van der Waals surface area (Å²) in [7, 11) is 0. The van der Waals surface area contributed by atoms with Crippen LogP contribution in [0.1, 0.15) is 36.1 Å². The average molecular weight is 371 g/mol. The Balaban J connectivity index is 2.41. The minimum atomic E-state index is -1.10. The highest BCUT2D eigenvalue weighted by Crippen LogP contribution is 2.29. The molecule has 0 saturated heterocycles. The predicted molar refractivity (Wildman–Crippen MR) is 85.5 cm³/mol. The zero-order chi connectivity index (χ0) is 15.6. The minimum absolute atomic E-state index is 0.0550. The average Bonchev–Trinajstić information content (AvgIpc) is 2.41. The van der Waals surface area contributed by atoms with E-state index in [1.165, 1.54) is 6.20 Å². The summed E-state index contributed by atoms with van der Waals surface area (Å²) in [6.45, 7) is 3.81. The maximum Gasteiger partial charge on any atom is 0.356 e. The van der Waals surface area contributed by atoms with Crippen molar-refractivity contribution in [3.63, 3.8) is 0 Å². The summed E-state index contributed by atoms with van der Waals surface area (Å²) in [4.78, 5) is 19.6. The summed E-state index contributed by atoms with van der Waals surface area (Å²) in [5.41, 5.74) is 0.952. The summed E-state index contributed by atoms with van der Waals surface area (Å²) in [6.07, 6.45) is 1.48. The fourth-order valence-electron chi connectivity index (χ4n) is 1.66. The van der Waals surface area contributed by atoms with Gasteiger partial charge in [-0.3, -0.25) is 0 Å². The number of hydrogen-bond acceptors (Lipinski definition) is 4. The molecule has 0 amide bonds. The second kappa shape index (κ2) is 6.41. The van der Waals surface area contributed by atoms with Crippen LogP contribution in [0.15, 0.2) is 28.9 Å². The van der Waals surface area contributed by atoms with Crippen molar-refractivity contribution in [1.82, 2.24) is 9.97 Å². The fourth-order valence-corrected chi connectivity index (χ4v) is 2.45. The summed E-state index contributed by atoms with van der Waals surface area (Å²) < 4.78 is 0.722. The molecular weight excluding hydrogens is 358 g/mol. The van der Waals surface area contributed by atoms with Crippen molar-refractivity contribution in [2.24, 2.45) is 0 Å². The van der Waals surface area contributed by atoms with Crippen molar-refractivity contribution in [2.75, 3.05) is 5.32 Å². The molecule has 0 saturated carbocycles. The summed E-state index contributed by atoms with van der Waals surface area (Å²) >= 11 is 9.25. The van der Waals surface area contributed by atoms with Gasteiger partial charge in [0, 0.05) is 15.4 Å². The minimum Gasteiger partial charge on any atom is -0.476 e. The van der Waals surface area contributed by atoms with Gasteiger partial charge in [0.05, 0.1) is 17.6 Å². The van der Waals surface area contributed by atoms with Crippen LogP contribution in [0.3, 0.4) is 0 Å². The molecule has 110 valence electrons. The molecule has 0 unspecified atom stereocenters. The first-order chi connectivity index (χ1) is 9.88. The normalized spacial score (nSPS) is 10.7. The van der Waals surface area contributed by atoms with Crippen LogP contribution in [-0.4, -0.2) is 21.0 Å². The van der Waals surface area contributed by atoms with Crippen LogP contribution in [0.5, 0.6) is 0 Å². The number of carbonyl (C=O) groups is 1. The van der Waals surface area contributed by atoms with E-state index in [0.29, 0.717) is 22.2 Å². The van der Waals surface area contributed by atoms with E-state index < -0.39 is 5.97 Å². The maximum atomic E-state index is 11.4. The Morgan fingerprint density at radius 1 is 1.38 bits per heavy atom. The van der Waals surface area contributed by atoms with Crippen LogP contribution < -0.4 is 5.32 Å². The zero-order valence-electron chi connectivity index (χ0n) is 11.4. The summed E-state index contributed by atoms with van der Waals surface area (Å²) in [5.74, 6) is -0.556. The molecule has 1 aromatic heterocycles. The first-order valence-corrected chi connectivity index (χ1v) is 7.38. The van der Waals surface area contributed by atoms with E-state index in [2.05, 4.69) is 31.2 Å². The Morgan fingerprint density at radius 2 is 2.10 bits per heavy atom. The number of aromatic nitrogens is 2. The number of hydrogen-bond donors (Lipinski definition) is 2. The predicted octanol–water partition coefficient (Wildman–Crippen LogP) is 4.46. The van der Waals surface area contributed by atoms with Crippen molar-refractivity contribution in [1.29, 1.82) is 0 Å². The SMILES string of the molecule is CC(C)c1ncc(Nc2ccc(Cl)cc2Br)c(C(=O)O)n1. The number of benzene rings is 1. The quantitative estimate of drug-likeness (QED) is 0.831. The monoisotopic (exact) mass is 369 g/mol. The molecule has 0 spiro atoms. The summed E-state index contributed by atoms with van der Waals surface area (Å²) in [6, 6.07) is 5.17. The van der Waals surface area contributed by atoms with Crippen molar-refractivity contribution < 1.29 is 9.90 Å². The van der Waals surface area contributed by atoms with E-state index in [0.717, 1.165) is 4.47 Å². The molecule has 0 aliphatic rings. The molecule has 1 aromatic carbocycles. The van der Waals surface area contributed by atoms with E-state index in [-0.39, 0.29) is 11.6 Å². The lowest BCUT2D eigenvalue weighted by Crippen LogP contribution is -2.10. The molecular formula is C14H13BrClN3O2. The standard InChI is InChI=1S/C14H13BrClN3O2/c1-7(2)13-17-6-11(12(19-13)14(20)21)18-10-4-3-8(16)5-9(10)15/h3-7,18H,1-2H3,(H,20,21). The van der Waals surface area contributed by atoms with E-state index in [1.807, 2.05) is 13.8 Å². The van der Waals surface area contributed by atoms with Crippen LogP contribution in [0.4, 0.5) is 11.4 Å². The van der Waals surface area contributed by atoms with Gasteiger partial charge in [-0.05, 0) is 34.1 Å². The molecule has 5 nitrogen and oxygen atoms in total. The Kier molecular flexibility index (Phi) is 4.80. The van der Waals surface area contributed by atoms with E-state index in [4.69, 9.17) is 11.6 Å². The Morgan fingerprint density at radius 3 is 2.67 bits per heavy atom. The van der Waals surface area contributed by atoms with Gasteiger partial charge in [-0.1, -0.05) is 25.4 Å². The van der Waals surface area contributed by atoms with Crippen LogP contribution in [0.2, 0.25) is 5.02 Å².